The quantitative estimate of drug-likeness (QED) is 0.777. The smallest absolute Gasteiger partial charge is 0.306 e. The minimum Gasteiger partial charge on any atom is -0.508 e. The predicted octanol–water partition coefficient (Wildman–Crippen LogP) is 5.09. The van der Waals surface area contributed by atoms with E-state index in [2.05, 4.69) is 33.8 Å². The summed E-state index contributed by atoms with van der Waals surface area (Å²) >= 11 is 0. The van der Waals surface area contributed by atoms with Gasteiger partial charge in [-0.3, -0.25) is 4.79 Å². The highest BCUT2D eigenvalue weighted by Crippen LogP contribution is 2.59. The molecule has 0 unspecified atom stereocenters. The van der Waals surface area contributed by atoms with Crippen molar-refractivity contribution in [2.24, 2.45) is 11.3 Å². The van der Waals surface area contributed by atoms with E-state index >= 15 is 0 Å². The molecule has 25 heavy (non-hydrogen) atoms. The van der Waals surface area contributed by atoms with E-state index in [1.165, 1.54) is 18.2 Å². The Labute approximate surface area is 151 Å². The number of aryl methyl sites for hydroxylation is 1. The van der Waals surface area contributed by atoms with Crippen LogP contribution in [0.2, 0.25) is 0 Å². The fourth-order valence-corrected chi connectivity index (χ4v) is 5.73. The van der Waals surface area contributed by atoms with Gasteiger partial charge in [0.2, 0.25) is 0 Å². The minimum atomic E-state index is -0.101. The number of hydrogen-bond acceptors (Lipinski definition) is 3. The van der Waals surface area contributed by atoms with Gasteiger partial charge in [-0.2, -0.15) is 0 Å². The molecule has 0 spiro atoms. The molecule has 0 amide bonds. The standard InChI is InChI=1S/C22H32O3/c1-14(2)16-11-15-7-8-19-21(3,13-20(24)25-5)9-6-10-22(19,4)17(15)12-18(16)23/h11-12,14,19,23H,6-10,13H2,1-5H3/t19-,21-,22+/m0/s1. The van der Waals surface area contributed by atoms with Gasteiger partial charge in [-0.1, -0.05) is 40.2 Å². The molecular weight excluding hydrogens is 312 g/mol. The molecule has 3 nitrogen and oxygen atoms in total. The number of benzene rings is 1. The molecule has 1 N–H and O–H groups in total. The summed E-state index contributed by atoms with van der Waals surface area (Å²) in [7, 11) is 1.48. The van der Waals surface area contributed by atoms with Crippen LogP contribution < -0.4 is 0 Å². The van der Waals surface area contributed by atoms with Crippen molar-refractivity contribution in [3.8, 4) is 5.75 Å². The summed E-state index contributed by atoms with van der Waals surface area (Å²) in [4.78, 5) is 12.0. The maximum atomic E-state index is 12.0. The van der Waals surface area contributed by atoms with Gasteiger partial charge < -0.3 is 9.84 Å². The van der Waals surface area contributed by atoms with Gasteiger partial charge in [-0.15, -0.1) is 0 Å². The Hall–Kier alpha value is -1.51. The number of phenols is 1. The first-order valence-electron chi connectivity index (χ1n) is 9.64. The largest absolute Gasteiger partial charge is 0.508 e. The zero-order chi connectivity index (χ0) is 18.4. The zero-order valence-corrected chi connectivity index (χ0v) is 16.3. The molecule has 1 fully saturated rings. The van der Waals surface area contributed by atoms with E-state index in [9.17, 15) is 9.90 Å². The van der Waals surface area contributed by atoms with E-state index in [-0.39, 0.29) is 16.8 Å². The molecule has 2 aliphatic carbocycles. The second kappa shape index (κ2) is 6.34. The second-order valence-corrected chi connectivity index (χ2v) is 8.99. The van der Waals surface area contributed by atoms with Gasteiger partial charge in [-0.25, -0.2) is 0 Å². The number of rotatable bonds is 3. The fourth-order valence-electron chi connectivity index (χ4n) is 5.73. The van der Waals surface area contributed by atoms with E-state index < -0.39 is 0 Å². The first kappa shape index (κ1) is 18.3. The van der Waals surface area contributed by atoms with E-state index in [1.54, 1.807) is 0 Å². The Kier molecular flexibility index (Phi) is 4.63. The lowest BCUT2D eigenvalue weighted by Gasteiger charge is -2.55. The highest BCUT2D eigenvalue weighted by Gasteiger charge is 2.52. The Morgan fingerprint density at radius 1 is 1.32 bits per heavy atom. The van der Waals surface area contributed by atoms with Gasteiger partial charge in [0.05, 0.1) is 13.5 Å². The molecule has 1 aromatic rings. The van der Waals surface area contributed by atoms with Crippen molar-refractivity contribution in [3.05, 3.63) is 28.8 Å². The van der Waals surface area contributed by atoms with Gasteiger partial charge in [0.15, 0.2) is 0 Å². The van der Waals surface area contributed by atoms with Crippen molar-refractivity contribution in [2.45, 2.75) is 77.6 Å². The summed E-state index contributed by atoms with van der Waals surface area (Å²) in [5.74, 6) is 1.10. The van der Waals surface area contributed by atoms with Crippen LogP contribution in [0.15, 0.2) is 12.1 Å². The molecule has 1 saturated carbocycles. The number of carbonyl (C=O) groups is 1. The summed E-state index contributed by atoms with van der Waals surface area (Å²) in [5, 5.41) is 10.6. The molecule has 2 aliphatic rings. The van der Waals surface area contributed by atoms with Crippen molar-refractivity contribution in [3.63, 3.8) is 0 Å². The van der Waals surface area contributed by atoms with Crippen molar-refractivity contribution < 1.29 is 14.6 Å². The summed E-state index contributed by atoms with van der Waals surface area (Å²) in [6.45, 7) is 8.86. The zero-order valence-electron chi connectivity index (χ0n) is 16.3. The molecule has 3 heteroatoms. The number of ether oxygens (including phenoxy) is 1. The third-order valence-electron chi connectivity index (χ3n) is 7.02. The van der Waals surface area contributed by atoms with Crippen LogP contribution in [-0.4, -0.2) is 18.2 Å². The average Bonchev–Trinajstić information content (AvgIpc) is 2.54. The Bertz CT molecular complexity index is 678. The number of esters is 1. The Morgan fingerprint density at radius 2 is 2.04 bits per heavy atom. The van der Waals surface area contributed by atoms with E-state index in [1.807, 2.05) is 6.07 Å². The lowest BCUT2D eigenvalue weighted by atomic mass is 9.49. The van der Waals surface area contributed by atoms with Gasteiger partial charge >= 0.3 is 5.97 Å². The van der Waals surface area contributed by atoms with Gasteiger partial charge in [0, 0.05) is 0 Å². The first-order valence-corrected chi connectivity index (χ1v) is 9.64. The minimum absolute atomic E-state index is 0.0237. The molecule has 0 saturated heterocycles. The summed E-state index contributed by atoms with van der Waals surface area (Å²) in [5.41, 5.74) is 3.75. The average molecular weight is 344 g/mol. The third-order valence-corrected chi connectivity index (χ3v) is 7.02. The van der Waals surface area contributed by atoms with Crippen LogP contribution in [0.4, 0.5) is 0 Å². The monoisotopic (exact) mass is 344 g/mol. The summed E-state index contributed by atoms with van der Waals surface area (Å²) < 4.78 is 4.98. The van der Waals surface area contributed by atoms with Gasteiger partial charge in [-0.05, 0) is 71.1 Å². The molecule has 0 bridgehead atoms. The number of carbonyl (C=O) groups excluding carboxylic acids is 1. The summed E-state index contributed by atoms with van der Waals surface area (Å²) in [6, 6.07) is 4.25. The van der Waals surface area contributed by atoms with Crippen LogP contribution in [0.3, 0.4) is 0 Å². The molecule has 138 valence electrons. The molecule has 0 aromatic heterocycles. The Morgan fingerprint density at radius 3 is 2.68 bits per heavy atom. The number of phenolic OH excluding ortho intramolecular Hbond substituents is 1. The van der Waals surface area contributed by atoms with Crippen LogP contribution in [0.5, 0.6) is 5.75 Å². The SMILES string of the molecule is COC(=O)C[C@]1(C)CCC[C@]2(C)c3cc(O)c(C(C)C)cc3CC[C@@H]12. The molecule has 0 heterocycles. The van der Waals surface area contributed by atoms with Gasteiger partial charge in [0.25, 0.3) is 0 Å². The number of methoxy groups -OCH3 is 1. The van der Waals surface area contributed by atoms with Crippen molar-refractivity contribution in [2.75, 3.05) is 7.11 Å². The normalized spacial score (nSPS) is 31.4. The van der Waals surface area contributed by atoms with E-state index in [0.717, 1.165) is 37.7 Å². The second-order valence-electron chi connectivity index (χ2n) is 8.99. The Balaban J connectivity index is 2.04. The van der Waals surface area contributed by atoms with Crippen LogP contribution in [0.25, 0.3) is 0 Å². The topological polar surface area (TPSA) is 46.5 Å². The fraction of sp³-hybridized carbons (Fsp3) is 0.682. The highest BCUT2D eigenvalue weighted by molar-refractivity contribution is 5.70. The van der Waals surface area contributed by atoms with E-state index in [4.69, 9.17) is 4.74 Å². The number of aromatic hydroxyl groups is 1. The summed E-state index contributed by atoms with van der Waals surface area (Å²) in [6.07, 6.45) is 5.96. The highest BCUT2D eigenvalue weighted by atomic mass is 16.5. The molecule has 3 atom stereocenters. The van der Waals surface area contributed by atoms with Crippen LogP contribution >= 0.6 is 0 Å². The lowest BCUT2D eigenvalue weighted by Crippen LogP contribution is -2.49. The molecule has 3 rings (SSSR count). The predicted molar refractivity (Wildman–Crippen MR) is 99.9 cm³/mol. The van der Waals surface area contributed by atoms with Gasteiger partial charge in [0.1, 0.15) is 5.75 Å². The number of fused-ring (bicyclic) bond motifs is 3. The maximum Gasteiger partial charge on any atom is 0.306 e. The van der Waals surface area contributed by atoms with Crippen LogP contribution in [-0.2, 0) is 21.4 Å². The molecular formula is C22H32O3. The van der Waals surface area contributed by atoms with E-state index in [0.29, 0.717) is 24.0 Å². The third kappa shape index (κ3) is 2.96. The molecule has 0 aliphatic heterocycles. The van der Waals surface area contributed by atoms with Crippen LogP contribution in [0, 0.1) is 11.3 Å². The van der Waals surface area contributed by atoms with Crippen molar-refractivity contribution in [1.82, 2.24) is 0 Å². The molecule has 1 aromatic carbocycles. The lowest BCUT2D eigenvalue weighted by molar-refractivity contribution is -0.146. The number of hydrogen-bond donors (Lipinski definition) is 1. The molecule has 0 radical (unpaired) electrons. The van der Waals surface area contributed by atoms with Crippen molar-refractivity contribution >= 4 is 5.97 Å². The van der Waals surface area contributed by atoms with Crippen LogP contribution in [0.1, 0.15) is 82.4 Å². The van der Waals surface area contributed by atoms with Crippen molar-refractivity contribution in [1.29, 1.82) is 0 Å². The first-order chi connectivity index (χ1) is 11.7. The maximum absolute atomic E-state index is 12.0.